The molecule has 1 unspecified atom stereocenters. The van der Waals surface area contributed by atoms with E-state index in [4.69, 9.17) is 0 Å². The molecule has 2 aromatic rings. The molecule has 0 saturated carbocycles. The number of anilines is 1. The maximum atomic E-state index is 11.2. The second-order valence-corrected chi connectivity index (χ2v) is 7.71. The van der Waals surface area contributed by atoms with Gasteiger partial charge in [-0.05, 0) is 50.6 Å². The molecule has 0 aliphatic heterocycles. The lowest BCUT2D eigenvalue weighted by Crippen LogP contribution is -2.43. The largest absolute Gasteiger partial charge is 0.357 e. The normalized spacial score (nSPS) is 12.1. The van der Waals surface area contributed by atoms with E-state index in [1.54, 1.807) is 0 Å². The first-order valence-electron chi connectivity index (χ1n) is 8.93. The minimum absolute atomic E-state index is 0. The molecular weight excluding hydrogens is 471 g/mol. The van der Waals surface area contributed by atoms with Gasteiger partial charge in [0, 0.05) is 41.4 Å². The van der Waals surface area contributed by atoms with Crippen molar-refractivity contribution >= 4 is 52.9 Å². The number of benzene rings is 1. The molecule has 1 heterocycles. The Kier molecular flexibility index (Phi) is 10.4. The Bertz CT molecular complexity index is 760. The van der Waals surface area contributed by atoms with Crippen LogP contribution in [0.25, 0.3) is 0 Å². The summed E-state index contributed by atoms with van der Waals surface area (Å²) in [5.41, 5.74) is 1.85. The number of thiophene rings is 1. The van der Waals surface area contributed by atoms with E-state index >= 15 is 0 Å². The third-order valence-corrected chi connectivity index (χ3v) is 4.72. The number of aryl methyl sites for hydroxylation is 1. The highest BCUT2D eigenvalue weighted by Gasteiger charge is 2.08. The summed E-state index contributed by atoms with van der Waals surface area (Å²) in [6.45, 7) is 9.22. The van der Waals surface area contributed by atoms with Gasteiger partial charge in [-0.15, -0.1) is 35.3 Å². The molecule has 0 aliphatic rings. The summed E-state index contributed by atoms with van der Waals surface area (Å²) in [6, 6.07) is 12.4. The number of nitrogens with one attached hydrogen (secondary N) is 3. The monoisotopic (exact) mass is 500 g/mol. The molecule has 148 valence electrons. The van der Waals surface area contributed by atoms with E-state index in [0.29, 0.717) is 6.54 Å². The molecule has 5 nitrogen and oxygen atoms in total. The van der Waals surface area contributed by atoms with Crippen molar-refractivity contribution in [1.29, 1.82) is 0 Å². The molecule has 0 bridgehead atoms. The van der Waals surface area contributed by atoms with Crippen LogP contribution in [0.3, 0.4) is 0 Å². The fraction of sp³-hybridized carbons (Fsp3) is 0.400. The van der Waals surface area contributed by atoms with E-state index in [9.17, 15) is 4.79 Å². The molecule has 1 aromatic heterocycles. The lowest BCUT2D eigenvalue weighted by Gasteiger charge is -2.17. The van der Waals surface area contributed by atoms with Gasteiger partial charge in [-0.1, -0.05) is 12.1 Å². The van der Waals surface area contributed by atoms with Crippen molar-refractivity contribution in [2.75, 3.05) is 11.9 Å². The molecule has 3 N–H and O–H groups in total. The molecule has 1 aromatic carbocycles. The Morgan fingerprint density at radius 1 is 1.26 bits per heavy atom. The van der Waals surface area contributed by atoms with Crippen molar-refractivity contribution in [1.82, 2.24) is 10.6 Å². The Morgan fingerprint density at radius 3 is 2.67 bits per heavy atom. The Labute approximate surface area is 183 Å². The molecular formula is C20H29IN4OS. The van der Waals surface area contributed by atoms with Crippen molar-refractivity contribution in [3.8, 4) is 0 Å². The molecule has 0 aliphatic carbocycles. The van der Waals surface area contributed by atoms with E-state index in [2.05, 4.69) is 53.8 Å². The molecule has 0 radical (unpaired) electrons. The Hall–Kier alpha value is -1.61. The van der Waals surface area contributed by atoms with Crippen molar-refractivity contribution in [2.24, 2.45) is 4.99 Å². The topological polar surface area (TPSA) is 65.5 Å². The van der Waals surface area contributed by atoms with E-state index in [-0.39, 0.29) is 35.9 Å². The smallest absolute Gasteiger partial charge is 0.221 e. The average molecular weight is 500 g/mol. The minimum atomic E-state index is -0.0710. The number of carbonyl (C=O) groups excluding carboxylic acids is 1. The number of guanidine groups is 1. The maximum absolute atomic E-state index is 11.2. The molecule has 1 amide bonds. The van der Waals surface area contributed by atoms with Crippen LogP contribution in [-0.4, -0.2) is 24.5 Å². The van der Waals surface area contributed by atoms with Crippen LogP contribution in [-0.2, 0) is 17.8 Å². The number of amides is 1. The predicted molar refractivity (Wildman–Crippen MR) is 126 cm³/mol. The third-order valence-electron chi connectivity index (χ3n) is 3.70. The fourth-order valence-electron chi connectivity index (χ4n) is 2.62. The molecule has 1 atom stereocenters. The second-order valence-electron chi connectivity index (χ2n) is 6.34. The number of aliphatic imine (C=N–C) groups is 1. The highest BCUT2D eigenvalue weighted by atomic mass is 127. The van der Waals surface area contributed by atoms with Crippen LogP contribution >= 0.6 is 35.3 Å². The van der Waals surface area contributed by atoms with Crippen LogP contribution in [0.2, 0.25) is 0 Å². The quantitative estimate of drug-likeness (QED) is 0.302. The maximum Gasteiger partial charge on any atom is 0.221 e. The van der Waals surface area contributed by atoms with Gasteiger partial charge in [0.2, 0.25) is 5.91 Å². The zero-order valence-corrected chi connectivity index (χ0v) is 19.5. The summed E-state index contributed by atoms with van der Waals surface area (Å²) in [5.74, 6) is 0.733. The minimum Gasteiger partial charge on any atom is -0.357 e. The second kappa shape index (κ2) is 12.0. The summed E-state index contributed by atoms with van der Waals surface area (Å²) in [4.78, 5) is 18.6. The fourth-order valence-corrected chi connectivity index (χ4v) is 3.64. The highest BCUT2D eigenvalue weighted by molar-refractivity contribution is 14.0. The van der Waals surface area contributed by atoms with Crippen LogP contribution in [0.1, 0.15) is 36.1 Å². The first-order valence-corrected chi connectivity index (χ1v) is 9.74. The van der Waals surface area contributed by atoms with Gasteiger partial charge in [0.05, 0.1) is 6.54 Å². The van der Waals surface area contributed by atoms with Crippen molar-refractivity contribution in [3.05, 3.63) is 51.7 Å². The van der Waals surface area contributed by atoms with E-state index in [1.807, 2.05) is 35.6 Å². The van der Waals surface area contributed by atoms with Gasteiger partial charge in [0.1, 0.15) is 0 Å². The zero-order chi connectivity index (χ0) is 18.9. The van der Waals surface area contributed by atoms with Crippen LogP contribution < -0.4 is 16.0 Å². The van der Waals surface area contributed by atoms with Crippen molar-refractivity contribution < 1.29 is 4.79 Å². The summed E-state index contributed by atoms with van der Waals surface area (Å²) in [7, 11) is 0. The summed E-state index contributed by atoms with van der Waals surface area (Å²) in [6.07, 6.45) is 0.973. The van der Waals surface area contributed by atoms with Crippen LogP contribution in [0.4, 0.5) is 5.69 Å². The summed E-state index contributed by atoms with van der Waals surface area (Å²) in [5, 5.41) is 9.56. The number of hydrogen-bond donors (Lipinski definition) is 3. The number of carbonyl (C=O) groups is 1. The highest BCUT2D eigenvalue weighted by Crippen LogP contribution is 2.16. The molecule has 0 spiro atoms. The first kappa shape index (κ1) is 23.4. The van der Waals surface area contributed by atoms with E-state index in [0.717, 1.165) is 30.2 Å². The number of halogens is 1. The van der Waals surface area contributed by atoms with Gasteiger partial charge in [0.15, 0.2) is 5.96 Å². The molecule has 7 heteroatoms. The van der Waals surface area contributed by atoms with Crippen LogP contribution in [0, 0.1) is 6.92 Å². The van der Waals surface area contributed by atoms with Gasteiger partial charge in [-0.2, -0.15) is 0 Å². The SMILES string of the molecule is CCNC(=NCc1cccc(NC(C)=O)c1)NC(C)Cc1ccc(C)s1.I. The zero-order valence-electron chi connectivity index (χ0n) is 16.3. The number of hydrogen-bond acceptors (Lipinski definition) is 3. The number of nitrogens with zero attached hydrogens (tertiary/aromatic N) is 1. The third kappa shape index (κ3) is 8.75. The average Bonchev–Trinajstić information content (AvgIpc) is 2.97. The van der Waals surface area contributed by atoms with Gasteiger partial charge >= 0.3 is 0 Å². The predicted octanol–water partition coefficient (Wildman–Crippen LogP) is 4.32. The van der Waals surface area contributed by atoms with Crippen molar-refractivity contribution in [3.63, 3.8) is 0 Å². The lowest BCUT2D eigenvalue weighted by atomic mass is 10.2. The first-order chi connectivity index (χ1) is 12.5. The molecule has 0 saturated heterocycles. The molecule has 0 fully saturated rings. The van der Waals surface area contributed by atoms with Gasteiger partial charge in [-0.3, -0.25) is 4.79 Å². The lowest BCUT2D eigenvalue weighted by molar-refractivity contribution is -0.114. The Balaban J connectivity index is 0.00000364. The van der Waals surface area contributed by atoms with Crippen LogP contribution in [0.5, 0.6) is 0 Å². The number of rotatable bonds is 7. The Morgan fingerprint density at radius 2 is 2.04 bits per heavy atom. The van der Waals surface area contributed by atoms with Crippen molar-refractivity contribution in [2.45, 2.75) is 46.7 Å². The van der Waals surface area contributed by atoms with Crippen LogP contribution in [0.15, 0.2) is 41.4 Å². The summed E-state index contributed by atoms with van der Waals surface area (Å²) < 4.78 is 0. The standard InChI is InChI=1S/C20H28N4OS.HI/c1-5-21-20(23-14(2)11-19-10-9-15(3)26-19)22-13-17-7-6-8-18(12-17)24-16(4)25;/h6-10,12,14H,5,11,13H2,1-4H3,(H,24,25)(H2,21,22,23);1H. The van der Waals surface area contributed by atoms with E-state index in [1.165, 1.54) is 16.7 Å². The van der Waals surface area contributed by atoms with Gasteiger partial charge < -0.3 is 16.0 Å². The van der Waals surface area contributed by atoms with E-state index < -0.39 is 0 Å². The molecule has 2 rings (SSSR count). The van der Waals surface area contributed by atoms with Gasteiger partial charge in [-0.25, -0.2) is 4.99 Å². The summed E-state index contributed by atoms with van der Waals surface area (Å²) >= 11 is 1.84. The molecule has 27 heavy (non-hydrogen) atoms. The van der Waals surface area contributed by atoms with Gasteiger partial charge in [0.25, 0.3) is 0 Å².